The lowest BCUT2D eigenvalue weighted by Gasteiger charge is -2.32. The average molecular weight is 346 g/mol. The van der Waals surface area contributed by atoms with Crippen molar-refractivity contribution in [3.63, 3.8) is 0 Å². The van der Waals surface area contributed by atoms with Crippen molar-refractivity contribution < 1.29 is 27.8 Å². The Morgan fingerprint density at radius 2 is 1.76 bits per heavy atom. The molecule has 0 aromatic heterocycles. The second kappa shape index (κ2) is 6.52. The predicted octanol–water partition coefficient (Wildman–Crippen LogP) is 3.65. The van der Waals surface area contributed by atoms with Crippen molar-refractivity contribution in [1.82, 2.24) is 0 Å². The predicted molar refractivity (Wildman–Crippen MR) is 84.2 cm³/mol. The van der Waals surface area contributed by atoms with E-state index < -0.39 is 24.2 Å². The largest absolute Gasteiger partial charge is 0.481 e. The number of rotatable bonds is 1. The number of carboxylic acids is 1. The third-order valence-electron chi connectivity index (χ3n) is 3.88. The van der Waals surface area contributed by atoms with Gasteiger partial charge in [0.2, 0.25) is 6.10 Å². The summed E-state index contributed by atoms with van der Waals surface area (Å²) in [5.41, 5.74) is 1.80. The van der Waals surface area contributed by atoms with E-state index in [0.29, 0.717) is 11.1 Å². The normalized spacial score (nSPS) is 19.2. The van der Waals surface area contributed by atoms with E-state index in [9.17, 15) is 18.0 Å². The van der Waals surface area contributed by atoms with Crippen molar-refractivity contribution in [1.29, 1.82) is 0 Å². The van der Waals surface area contributed by atoms with Crippen molar-refractivity contribution >= 4 is 5.97 Å². The molecule has 6 heteroatoms. The molecule has 1 aliphatic heterocycles. The summed E-state index contributed by atoms with van der Waals surface area (Å²) < 4.78 is 44.0. The van der Waals surface area contributed by atoms with Gasteiger partial charge in [-0.2, -0.15) is 13.2 Å². The summed E-state index contributed by atoms with van der Waals surface area (Å²) in [6, 6.07) is 13.8. The average Bonchev–Trinajstić information content (AvgIpc) is 2.58. The molecule has 2 aromatic rings. The maximum Gasteiger partial charge on any atom is 0.426 e. The number of benzene rings is 2. The van der Waals surface area contributed by atoms with Crippen LogP contribution in [0.3, 0.4) is 0 Å². The Labute approximate surface area is 142 Å². The van der Waals surface area contributed by atoms with E-state index in [1.54, 1.807) is 12.1 Å². The molecule has 0 fully saturated rings. The van der Waals surface area contributed by atoms with Crippen molar-refractivity contribution in [2.75, 3.05) is 0 Å². The molecule has 0 radical (unpaired) electrons. The van der Waals surface area contributed by atoms with Crippen LogP contribution in [0.2, 0.25) is 0 Å². The zero-order valence-corrected chi connectivity index (χ0v) is 12.9. The summed E-state index contributed by atoms with van der Waals surface area (Å²) in [7, 11) is 0. The molecule has 1 N–H and O–H groups in total. The molecule has 25 heavy (non-hydrogen) atoms. The molecule has 128 valence electrons. The molecule has 3 nitrogen and oxygen atoms in total. The van der Waals surface area contributed by atoms with E-state index >= 15 is 0 Å². The highest BCUT2D eigenvalue weighted by Crippen LogP contribution is 2.38. The van der Waals surface area contributed by atoms with Gasteiger partial charge in [0.1, 0.15) is 11.7 Å². The smallest absolute Gasteiger partial charge is 0.426 e. The molecule has 3 rings (SSSR count). The van der Waals surface area contributed by atoms with E-state index in [4.69, 9.17) is 9.84 Å². The Bertz CT molecular complexity index is 848. The number of alkyl halides is 3. The summed E-state index contributed by atoms with van der Waals surface area (Å²) in [6.07, 6.45) is -7.35. The van der Waals surface area contributed by atoms with Crippen LogP contribution in [-0.4, -0.2) is 23.4 Å². The van der Waals surface area contributed by atoms with E-state index in [2.05, 4.69) is 11.8 Å². The highest BCUT2D eigenvalue weighted by atomic mass is 19.4. The molecule has 1 aliphatic rings. The topological polar surface area (TPSA) is 46.5 Å². The fourth-order valence-corrected chi connectivity index (χ4v) is 2.67. The van der Waals surface area contributed by atoms with Crippen LogP contribution < -0.4 is 4.74 Å². The zero-order chi connectivity index (χ0) is 18.0. The number of halogens is 3. The molecular formula is C19H13F3O3. The zero-order valence-electron chi connectivity index (χ0n) is 12.9. The van der Waals surface area contributed by atoms with Crippen LogP contribution in [0.5, 0.6) is 5.75 Å². The van der Waals surface area contributed by atoms with E-state index in [0.717, 1.165) is 5.56 Å². The summed E-state index contributed by atoms with van der Waals surface area (Å²) in [5, 5.41) is 9.11. The van der Waals surface area contributed by atoms with E-state index in [1.807, 2.05) is 30.3 Å². The van der Waals surface area contributed by atoms with Crippen LogP contribution in [0.1, 0.15) is 16.7 Å². The standard InChI is InChI=1S/C19H13F3O3/c20-19(21,22)17-15(18(23)24)11-14-10-13(8-9-16(14)25-17)7-6-12-4-2-1-3-5-12/h1-5,8-10,15,17H,11H2,(H,23,24)/t15-,17+/m1/s1. The van der Waals surface area contributed by atoms with E-state index in [1.165, 1.54) is 6.07 Å². The lowest BCUT2D eigenvalue weighted by Crippen LogP contribution is -2.47. The van der Waals surface area contributed by atoms with Gasteiger partial charge in [-0.3, -0.25) is 4.79 Å². The monoisotopic (exact) mass is 346 g/mol. The second-order valence-electron chi connectivity index (χ2n) is 5.67. The molecule has 0 spiro atoms. The van der Waals surface area contributed by atoms with Gasteiger partial charge < -0.3 is 9.84 Å². The fraction of sp³-hybridized carbons (Fsp3) is 0.211. The van der Waals surface area contributed by atoms with Crippen molar-refractivity contribution in [2.24, 2.45) is 5.92 Å². The Hall–Kier alpha value is -2.94. The Morgan fingerprint density at radius 3 is 2.40 bits per heavy atom. The molecule has 0 amide bonds. The first-order valence-corrected chi connectivity index (χ1v) is 7.51. The lowest BCUT2D eigenvalue weighted by molar-refractivity contribution is -0.217. The minimum absolute atomic E-state index is 0.0464. The van der Waals surface area contributed by atoms with Gasteiger partial charge in [0.25, 0.3) is 0 Å². The molecule has 0 bridgehead atoms. The number of ether oxygens (including phenoxy) is 1. The Balaban J connectivity index is 1.90. The lowest BCUT2D eigenvalue weighted by atomic mass is 9.89. The molecule has 2 atom stereocenters. The third kappa shape index (κ3) is 3.77. The van der Waals surface area contributed by atoms with Gasteiger partial charge in [0.15, 0.2) is 0 Å². The van der Waals surface area contributed by atoms with Crippen LogP contribution in [0.15, 0.2) is 48.5 Å². The van der Waals surface area contributed by atoms with Crippen LogP contribution in [0, 0.1) is 17.8 Å². The molecule has 1 heterocycles. The van der Waals surface area contributed by atoms with Crippen molar-refractivity contribution in [3.8, 4) is 17.6 Å². The quantitative estimate of drug-likeness (QED) is 0.802. The molecule has 0 saturated heterocycles. The van der Waals surface area contributed by atoms with Gasteiger partial charge in [-0.1, -0.05) is 30.0 Å². The third-order valence-corrected chi connectivity index (χ3v) is 3.88. The van der Waals surface area contributed by atoms with Crippen molar-refractivity contribution in [2.45, 2.75) is 18.7 Å². The molecular weight excluding hydrogens is 333 g/mol. The van der Waals surface area contributed by atoms with Gasteiger partial charge >= 0.3 is 12.1 Å². The first-order chi connectivity index (χ1) is 11.8. The van der Waals surface area contributed by atoms with Gasteiger partial charge in [-0.15, -0.1) is 0 Å². The molecule has 0 unspecified atom stereocenters. The summed E-state index contributed by atoms with van der Waals surface area (Å²) in [6.45, 7) is 0. The van der Waals surface area contributed by atoms with E-state index in [-0.39, 0.29) is 12.2 Å². The SMILES string of the molecule is O=C(O)[C@@H]1Cc2cc(C#Cc3ccccc3)ccc2O[C@@H]1C(F)(F)F. The summed E-state index contributed by atoms with van der Waals surface area (Å²) in [5.74, 6) is 2.71. The van der Waals surface area contributed by atoms with Gasteiger partial charge in [-0.25, -0.2) is 0 Å². The minimum atomic E-state index is -4.74. The van der Waals surface area contributed by atoms with Crippen LogP contribution in [0.25, 0.3) is 0 Å². The second-order valence-corrected chi connectivity index (χ2v) is 5.67. The fourth-order valence-electron chi connectivity index (χ4n) is 2.67. The Kier molecular flexibility index (Phi) is 4.41. The first-order valence-electron chi connectivity index (χ1n) is 7.51. The number of hydrogen-bond acceptors (Lipinski definition) is 2. The number of carbonyl (C=O) groups is 1. The van der Waals surface area contributed by atoms with Gasteiger partial charge in [0, 0.05) is 11.1 Å². The number of aliphatic carboxylic acids is 1. The Morgan fingerprint density at radius 1 is 1.08 bits per heavy atom. The summed E-state index contributed by atoms with van der Waals surface area (Å²) in [4.78, 5) is 11.2. The summed E-state index contributed by atoms with van der Waals surface area (Å²) >= 11 is 0. The number of fused-ring (bicyclic) bond motifs is 1. The maximum absolute atomic E-state index is 13.0. The van der Waals surface area contributed by atoms with Crippen molar-refractivity contribution in [3.05, 3.63) is 65.2 Å². The first kappa shape index (κ1) is 16.9. The molecule has 0 aliphatic carbocycles. The van der Waals surface area contributed by atoms with Crippen LogP contribution >= 0.6 is 0 Å². The highest BCUT2D eigenvalue weighted by molar-refractivity contribution is 5.72. The van der Waals surface area contributed by atoms with Gasteiger partial charge in [-0.05, 0) is 42.3 Å². The van der Waals surface area contributed by atoms with Crippen LogP contribution in [-0.2, 0) is 11.2 Å². The number of hydrogen-bond donors (Lipinski definition) is 1. The minimum Gasteiger partial charge on any atom is -0.481 e. The van der Waals surface area contributed by atoms with Crippen LogP contribution in [0.4, 0.5) is 13.2 Å². The molecule has 2 aromatic carbocycles. The molecule has 0 saturated carbocycles. The number of carboxylic acid groups (broad SMARTS) is 1. The highest BCUT2D eigenvalue weighted by Gasteiger charge is 2.52. The maximum atomic E-state index is 13.0. The van der Waals surface area contributed by atoms with Gasteiger partial charge in [0.05, 0.1) is 0 Å².